The summed E-state index contributed by atoms with van der Waals surface area (Å²) in [5, 5.41) is 2.95. The van der Waals surface area contributed by atoms with E-state index in [-0.39, 0.29) is 10.8 Å². The van der Waals surface area contributed by atoms with Crippen LogP contribution in [0, 0.1) is 0 Å². The van der Waals surface area contributed by atoms with Gasteiger partial charge in [0.1, 0.15) is 0 Å². The van der Waals surface area contributed by atoms with Gasteiger partial charge in [0.05, 0.1) is 0 Å². The Hall–Kier alpha value is -0.620. The molecule has 2 amide bonds. The predicted molar refractivity (Wildman–Crippen MR) is 96.2 cm³/mol. The van der Waals surface area contributed by atoms with Crippen molar-refractivity contribution in [1.82, 2.24) is 15.1 Å². The molecule has 5 nitrogen and oxygen atoms in total. The molecule has 0 spiro atoms. The number of hydrogen-bond acceptors (Lipinski definition) is 3. The number of urea groups is 1. The van der Waals surface area contributed by atoms with E-state index in [1.54, 1.807) is 0 Å². The molecule has 2 aliphatic heterocycles. The molecular formula is C17H33N3O2S. The van der Waals surface area contributed by atoms with Crippen molar-refractivity contribution in [3.8, 4) is 0 Å². The summed E-state index contributed by atoms with van der Waals surface area (Å²) in [6.07, 6.45) is 6.03. The Kier molecular flexibility index (Phi) is 6.89. The van der Waals surface area contributed by atoms with Gasteiger partial charge in [-0.1, -0.05) is 0 Å². The van der Waals surface area contributed by atoms with E-state index < -0.39 is 10.8 Å². The van der Waals surface area contributed by atoms with Gasteiger partial charge < -0.3 is 15.1 Å². The molecule has 0 bridgehead atoms. The molecule has 2 atom stereocenters. The zero-order valence-electron chi connectivity index (χ0n) is 15.0. The highest BCUT2D eigenvalue weighted by atomic mass is 32.2. The Morgan fingerprint density at radius 3 is 2.43 bits per heavy atom. The second-order valence-electron chi connectivity index (χ2n) is 7.71. The van der Waals surface area contributed by atoms with E-state index in [1.165, 1.54) is 32.4 Å². The van der Waals surface area contributed by atoms with Gasteiger partial charge in [-0.25, -0.2) is 4.79 Å². The summed E-state index contributed by atoms with van der Waals surface area (Å²) in [5.41, 5.74) is 0. The minimum atomic E-state index is -0.910. The van der Waals surface area contributed by atoms with E-state index >= 15 is 0 Å². The molecule has 2 rings (SSSR count). The molecule has 0 aromatic heterocycles. The summed E-state index contributed by atoms with van der Waals surface area (Å²) >= 11 is 0. The molecule has 0 radical (unpaired) electrons. The van der Waals surface area contributed by atoms with Crippen LogP contribution in [0.2, 0.25) is 0 Å². The highest BCUT2D eigenvalue weighted by Crippen LogP contribution is 2.21. The second-order valence-corrected chi connectivity index (χ2v) is 10.0. The first-order chi connectivity index (χ1) is 10.9. The Balaban J connectivity index is 1.71. The molecule has 2 fully saturated rings. The smallest absolute Gasteiger partial charge is 0.317 e. The maximum absolute atomic E-state index is 12.3. The normalized spacial score (nSPS) is 25.2. The minimum Gasteiger partial charge on any atom is -0.337 e. The SMILES string of the molecule is CC(C)(C)S(=O)CCNC(=O)N1CCCC(N2CCCC2)CC1. The molecule has 2 saturated heterocycles. The molecule has 0 aromatic carbocycles. The largest absolute Gasteiger partial charge is 0.337 e. The summed E-state index contributed by atoms with van der Waals surface area (Å²) in [4.78, 5) is 16.9. The third kappa shape index (κ3) is 5.75. The third-order valence-corrected chi connectivity index (χ3v) is 6.83. The van der Waals surface area contributed by atoms with Crippen molar-refractivity contribution in [2.75, 3.05) is 38.5 Å². The topological polar surface area (TPSA) is 52.7 Å². The van der Waals surface area contributed by atoms with E-state index in [2.05, 4.69) is 10.2 Å². The number of hydrogen-bond donors (Lipinski definition) is 1. The van der Waals surface area contributed by atoms with E-state index in [9.17, 15) is 9.00 Å². The zero-order chi connectivity index (χ0) is 16.9. The Labute approximate surface area is 143 Å². The second kappa shape index (κ2) is 8.47. The molecule has 0 aliphatic carbocycles. The lowest BCUT2D eigenvalue weighted by molar-refractivity contribution is 0.194. The van der Waals surface area contributed by atoms with Gasteiger partial charge >= 0.3 is 6.03 Å². The molecule has 2 heterocycles. The van der Waals surface area contributed by atoms with E-state index in [1.807, 2.05) is 25.7 Å². The number of amides is 2. The molecule has 2 unspecified atom stereocenters. The van der Waals surface area contributed by atoms with Gasteiger partial charge in [0.15, 0.2) is 0 Å². The Morgan fingerprint density at radius 2 is 1.78 bits per heavy atom. The van der Waals surface area contributed by atoms with E-state index in [0.717, 1.165) is 25.9 Å². The van der Waals surface area contributed by atoms with Gasteiger partial charge in [-0.3, -0.25) is 4.21 Å². The van der Waals surface area contributed by atoms with Crippen LogP contribution in [0.5, 0.6) is 0 Å². The van der Waals surface area contributed by atoms with Crippen molar-refractivity contribution in [2.24, 2.45) is 0 Å². The average molecular weight is 344 g/mol. The minimum absolute atomic E-state index is 0.0120. The highest BCUT2D eigenvalue weighted by Gasteiger charge is 2.26. The number of rotatable bonds is 4. The molecule has 0 saturated carbocycles. The van der Waals surface area contributed by atoms with Crippen molar-refractivity contribution in [3.63, 3.8) is 0 Å². The first-order valence-electron chi connectivity index (χ1n) is 9.03. The van der Waals surface area contributed by atoms with Crippen LogP contribution in [0.25, 0.3) is 0 Å². The number of nitrogens with one attached hydrogen (secondary N) is 1. The summed E-state index contributed by atoms with van der Waals surface area (Å²) in [6, 6.07) is 0.668. The van der Waals surface area contributed by atoms with Crippen LogP contribution >= 0.6 is 0 Å². The Morgan fingerprint density at radius 1 is 1.09 bits per heavy atom. The zero-order valence-corrected chi connectivity index (χ0v) is 15.8. The van der Waals surface area contributed by atoms with Crippen LogP contribution in [-0.4, -0.2) is 69.3 Å². The molecule has 2 aliphatic rings. The van der Waals surface area contributed by atoms with Crippen LogP contribution < -0.4 is 5.32 Å². The summed E-state index contributed by atoms with van der Waals surface area (Å²) in [5.74, 6) is 0.527. The molecule has 23 heavy (non-hydrogen) atoms. The van der Waals surface area contributed by atoms with Crippen LogP contribution in [0.15, 0.2) is 0 Å². The number of carbonyl (C=O) groups excluding carboxylic acids is 1. The molecule has 1 N–H and O–H groups in total. The quantitative estimate of drug-likeness (QED) is 0.851. The average Bonchev–Trinajstić information content (AvgIpc) is 2.90. The lowest BCUT2D eigenvalue weighted by Gasteiger charge is -2.26. The fraction of sp³-hybridized carbons (Fsp3) is 0.941. The molecule has 134 valence electrons. The van der Waals surface area contributed by atoms with Gasteiger partial charge in [-0.2, -0.15) is 0 Å². The first-order valence-corrected chi connectivity index (χ1v) is 10.3. The third-order valence-electron chi connectivity index (χ3n) is 4.89. The predicted octanol–water partition coefficient (Wildman–Crippen LogP) is 2.19. The first kappa shape index (κ1) is 18.7. The van der Waals surface area contributed by atoms with Crippen molar-refractivity contribution < 1.29 is 9.00 Å². The fourth-order valence-corrected chi connectivity index (χ4v) is 4.32. The van der Waals surface area contributed by atoms with Gasteiger partial charge in [0, 0.05) is 47.0 Å². The van der Waals surface area contributed by atoms with Crippen LogP contribution in [-0.2, 0) is 10.8 Å². The molecular weight excluding hydrogens is 310 g/mol. The number of carbonyl (C=O) groups is 1. The lowest BCUT2D eigenvalue weighted by Crippen LogP contribution is -2.43. The van der Waals surface area contributed by atoms with Crippen molar-refractivity contribution >= 4 is 16.8 Å². The highest BCUT2D eigenvalue weighted by molar-refractivity contribution is 7.86. The molecule has 6 heteroatoms. The van der Waals surface area contributed by atoms with Crippen LogP contribution in [0.4, 0.5) is 4.79 Å². The monoisotopic (exact) mass is 343 g/mol. The van der Waals surface area contributed by atoms with Crippen molar-refractivity contribution in [2.45, 2.75) is 63.7 Å². The maximum Gasteiger partial charge on any atom is 0.317 e. The van der Waals surface area contributed by atoms with Crippen LogP contribution in [0.1, 0.15) is 52.9 Å². The van der Waals surface area contributed by atoms with Crippen molar-refractivity contribution in [1.29, 1.82) is 0 Å². The Bertz CT molecular complexity index is 417. The van der Waals surface area contributed by atoms with Gasteiger partial charge in [-0.05, 0) is 66.0 Å². The number of likely N-dealkylation sites (tertiary alicyclic amines) is 2. The lowest BCUT2D eigenvalue weighted by atomic mass is 10.1. The molecule has 0 aromatic rings. The van der Waals surface area contributed by atoms with Crippen molar-refractivity contribution in [3.05, 3.63) is 0 Å². The summed E-state index contributed by atoms with van der Waals surface area (Å²) in [7, 11) is -0.910. The van der Waals surface area contributed by atoms with Crippen LogP contribution in [0.3, 0.4) is 0 Å². The number of nitrogens with zero attached hydrogens (tertiary/aromatic N) is 2. The van der Waals surface area contributed by atoms with E-state index in [0.29, 0.717) is 18.3 Å². The van der Waals surface area contributed by atoms with E-state index in [4.69, 9.17) is 0 Å². The van der Waals surface area contributed by atoms with Gasteiger partial charge in [0.25, 0.3) is 0 Å². The summed E-state index contributed by atoms with van der Waals surface area (Å²) < 4.78 is 11.8. The van der Waals surface area contributed by atoms with Gasteiger partial charge in [-0.15, -0.1) is 0 Å². The fourth-order valence-electron chi connectivity index (χ4n) is 3.42. The maximum atomic E-state index is 12.3. The summed E-state index contributed by atoms with van der Waals surface area (Å²) in [6.45, 7) is 10.6. The van der Waals surface area contributed by atoms with Gasteiger partial charge in [0.2, 0.25) is 0 Å². The standard InChI is InChI=1S/C17H33N3O2S/c1-17(2,3)23(22)14-9-18-16(21)20-12-6-7-15(8-13-20)19-10-4-5-11-19/h15H,4-14H2,1-3H3,(H,18,21).